The summed E-state index contributed by atoms with van der Waals surface area (Å²) in [6.45, 7) is 2.59. The maximum absolute atomic E-state index is 5.96. The van der Waals surface area contributed by atoms with E-state index < -0.39 is 0 Å². The average Bonchev–Trinajstić information content (AvgIpc) is 2.96. The van der Waals surface area contributed by atoms with Crippen molar-refractivity contribution in [3.05, 3.63) is 24.0 Å². The summed E-state index contributed by atoms with van der Waals surface area (Å²) in [6.07, 6.45) is 10.1. The molecule has 138 valence electrons. The molecule has 24 heavy (non-hydrogen) atoms. The second-order valence-electron chi connectivity index (χ2n) is 6.42. The van der Waals surface area contributed by atoms with Gasteiger partial charge < -0.3 is 19.5 Å². The van der Waals surface area contributed by atoms with Crippen LogP contribution in [0.2, 0.25) is 0 Å². The number of guanidine groups is 1. The highest BCUT2D eigenvalue weighted by atomic mass is 127. The van der Waals surface area contributed by atoms with Crippen LogP contribution in [0, 0.1) is 0 Å². The predicted molar refractivity (Wildman–Crippen MR) is 111 cm³/mol. The van der Waals surface area contributed by atoms with E-state index in [2.05, 4.69) is 52.2 Å². The van der Waals surface area contributed by atoms with Crippen molar-refractivity contribution < 1.29 is 4.74 Å². The van der Waals surface area contributed by atoms with Crippen LogP contribution < -0.4 is 5.32 Å². The quantitative estimate of drug-likeness (QED) is 0.301. The first kappa shape index (κ1) is 21.3. The Morgan fingerprint density at radius 3 is 2.75 bits per heavy atom. The summed E-state index contributed by atoms with van der Waals surface area (Å²) in [5, 5.41) is 3.43. The third-order valence-corrected chi connectivity index (χ3v) is 4.53. The number of halogens is 1. The lowest BCUT2D eigenvalue weighted by Gasteiger charge is -2.23. The molecule has 0 spiro atoms. The highest BCUT2D eigenvalue weighted by Crippen LogP contribution is 2.20. The van der Waals surface area contributed by atoms with Crippen molar-refractivity contribution in [1.29, 1.82) is 0 Å². The lowest BCUT2D eigenvalue weighted by atomic mass is 9.98. The second-order valence-corrected chi connectivity index (χ2v) is 6.42. The van der Waals surface area contributed by atoms with Crippen LogP contribution in [0.1, 0.15) is 44.2 Å². The average molecular weight is 448 g/mol. The van der Waals surface area contributed by atoms with E-state index in [0.29, 0.717) is 6.10 Å². The van der Waals surface area contributed by atoms with Gasteiger partial charge in [0.15, 0.2) is 5.96 Å². The molecule has 2 rings (SSSR count). The van der Waals surface area contributed by atoms with E-state index >= 15 is 0 Å². The number of nitrogens with one attached hydrogen (secondary N) is 1. The van der Waals surface area contributed by atoms with Crippen molar-refractivity contribution >= 4 is 29.9 Å². The molecule has 1 N–H and O–H groups in total. The molecule has 1 fully saturated rings. The molecule has 0 amide bonds. The fraction of sp³-hybridized carbons (Fsp3) is 0.722. The van der Waals surface area contributed by atoms with E-state index in [-0.39, 0.29) is 24.0 Å². The van der Waals surface area contributed by atoms with Gasteiger partial charge in [0.25, 0.3) is 0 Å². The number of rotatable bonds is 7. The molecule has 0 aliphatic heterocycles. The van der Waals surface area contributed by atoms with Gasteiger partial charge in [-0.1, -0.05) is 19.3 Å². The minimum atomic E-state index is 0. The van der Waals surface area contributed by atoms with Gasteiger partial charge in [0, 0.05) is 46.2 Å². The minimum absolute atomic E-state index is 0. The van der Waals surface area contributed by atoms with Crippen LogP contribution in [0.25, 0.3) is 0 Å². The monoisotopic (exact) mass is 448 g/mol. The van der Waals surface area contributed by atoms with Crippen LogP contribution in [0.3, 0.4) is 0 Å². The SMILES string of the molecule is CN=C(NCCCOC1CCCCC1)N(C)Cc1cccn1C.I. The fourth-order valence-corrected chi connectivity index (χ4v) is 3.12. The summed E-state index contributed by atoms with van der Waals surface area (Å²) in [7, 11) is 5.98. The van der Waals surface area contributed by atoms with Gasteiger partial charge >= 0.3 is 0 Å². The van der Waals surface area contributed by atoms with Crippen LogP contribution in [-0.4, -0.2) is 48.8 Å². The highest BCUT2D eigenvalue weighted by Gasteiger charge is 2.13. The van der Waals surface area contributed by atoms with Crippen LogP contribution in [0.15, 0.2) is 23.3 Å². The molecule has 1 aromatic heterocycles. The number of aryl methyl sites for hydroxylation is 1. The summed E-state index contributed by atoms with van der Waals surface area (Å²) in [5.74, 6) is 0.934. The van der Waals surface area contributed by atoms with E-state index in [0.717, 1.165) is 32.1 Å². The van der Waals surface area contributed by atoms with Crippen LogP contribution >= 0.6 is 24.0 Å². The van der Waals surface area contributed by atoms with Gasteiger partial charge in [-0.3, -0.25) is 4.99 Å². The van der Waals surface area contributed by atoms with E-state index in [1.807, 2.05) is 7.05 Å². The third kappa shape index (κ3) is 7.01. The number of hydrogen-bond donors (Lipinski definition) is 1. The summed E-state index contributed by atoms with van der Waals surface area (Å²) in [5.41, 5.74) is 1.27. The number of ether oxygens (including phenoxy) is 1. The first-order chi connectivity index (χ1) is 11.2. The van der Waals surface area contributed by atoms with Gasteiger partial charge in [-0.25, -0.2) is 0 Å². The zero-order valence-electron chi connectivity index (χ0n) is 15.3. The van der Waals surface area contributed by atoms with Crippen molar-refractivity contribution in [2.24, 2.45) is 12.0 Å². The number of nitrogens with zero attached hydrogens (tertiary/aromatic N) is 3. The standard InChI is InChI=1S/C18H32N4O.HI/c1-19-18(22(3)15-16-9-7-13-21(16)2)20-12-8-14-23-17-10-5-4-6-11-17;/h7,9,13,17H,4-6,8,10-12,14-15H2,1-3H3,(H,19,20);1H. The molecule has 1 aliphatic rings. The van der Waals surface area contributed by atoms with E-state index in [4.69, 9.17) is 4.74 Å². The van der Waals surface area contributed by atoms with Gasteiger partial charge in [-0.15, -0.1) is 24.0 Å². The molecule has 6 heteroatoms. The predicted octanol–water partition coefficient (Wildman–Crippen LogP) is 3.39. The minimum Gasteiger partial charge on any atom is -0.378 e. The molecule has 0 atom stereocenters. The van der Waals surface area contributed by atoms with Crippen molar-refractivity contribution in [2.75, 3.05) is 27.2 Å². The van der Waals surface area contributed by atoms with Gasteiger partial charge in [-0.05, 0) is 31.4 Å². The Morgan fingerprint density at radius 1 is 1.38 bits per heavy atom. The molecule has 1 aliphatic carbocycles. The molecule has 0 radical (unpaired) electrons. The smallest absolute Gasteiger partial charge is 0.193 e. The normalized spacial score (nSPS) is 15.9. The van der Waals surface area contributed by atoms with Gasteiger partial charge in [0.1, 0.15) is 0 Å². The molecule has 1 heterocycles. The second kappa shape index (κ2) is 11.7. The van der Waals surface area contributed by atoms with Crippen LogP contribution in [0.5, 0.6) is 0 Å². The Balaban J connectivity index is 0.00000288. The lowest BCUT2D eigenvalue weighted by Crippen LogP contribution is -2.39. The molecule has 0 aromatic carbocycles. The first-order valence-electron chi connectivity index (χ1n) is 8.84. The zero-order chi connectivity index (χ0) is 16.5. The summed E-state index contributed by atoms with van der Waals surface area (Å²) >= 11 is 0. The van der Waals surface area contributed by atoms with E-state index in [1.165, 1.54) is 37.8 Å². The molecule has 0 bridgehead atoms. The Bertz CT molecular complexity index is 483. The third-order valence-electron chi connectivity index (χ3n) is 4.53. The largest absolute Gasteiger partial charge is 0.378 e. The number of aliphatic imine (C=N–C) groups is 1. The molecular weight excluding hydrogens is 415 g/mol. The Morgan fingerprint density at radius 2 is 2.12 bits per heavy atom. The van der Waals surface area contributed by atoms with Crippen LogP contribution in [-0.2, 0) is 18.3 Å². The zero-order valence-corrected chi connectivity index (χ0v) is 17.7. The Hall–Kier alpha value is -0.760. The molecule has 0 saturated heterocycles. The summed E-state index contributed by atoms with van der Waals surface area (Å²) < 4.78 is 8.10. The molecule has 0 unspecified atom stereocenters. The Labute approximate surface area is 163 Å². The maximum atomic E-state index is 5.96. The first-order valence-corrected chi connectivity index (χ1v) is 8.84. The highest BCUT2D eigenvalue weighted by molar-refractivity contribution is 14.0. The number of aromatic nitrogens is 1. The number of hydrogen-bond acceptors (Lipinski definition) is 2. The van der Waals surface area contributed by atoms with Crippen molar-refractivity contribution in [3.8, 4) is 0 Å². The van der Waals surface area contributed by atoms with Crippen molar-refractivity contribution in [2.45, 2.75) is 51.2 Å². The summed E-state index contributed by atoms with van der Waals surface area (Å²) in [4.78, 5) is 6.52. The van der Waals surface area contributed by atoms with E-state index in [9.17, 15) is 0 Å². The van der Waals surface area contributed by atoms with Gasteiger partial charge in [-0.2, -0.15) is 0 Å². The lowest BCUT2D eigenvalue weighted by molar-refractivity contribution is 0.0276. The van der Waals surface area contributed by atoms with Crippen LogP contribution in [0.4, 0.5) is 0 Å². The molecule has 1 saturated carbocycles. The summed E-state index contributed by atoms with van der Waals surface area (Å²) in [6, 6.07) is 4.21. The van der Waals surface area contributed by atoms with Crippen molar-refractivity contribution in [3.63, 3.8) is 0 Å². The van der Waals surface area contributed by atoms with Gasteiger partial charge in [0.05, 0.1) is 12.6 Å². The molecule has 5 nitrogen and oxygen atoms in total. The molecule has 1 aromatic rings. The Kier molecular flexibility index (Phi) is 10.4. The van der Waals surface area contributed by atoms with E-state index in [1.54, 1.807) is 0 Å². The van der Waals surface area contributed by atoms with Crippen molar-refractivity contribution in [1.82, 2.24) is 14.8 Å². The topological polar surface area (TPSA) is 41.8 Å². The van der Waals surface area contributed by atoms with Gasteiger partial charge in [0.2, 0.25) is 0 Å². The maximum Gasteiger partial charge on any atom is 0.193 e. The fourth-order valence-electron chi connectivity index (χ4n) is 3.12. The molecular formula is C18H33IN4O.